The average Bonchev–Trinajstić information content (AvgIpc) is 2.89. The lowest BCUT2D eigenvalue weighted by Gasteiger charge is -2.07. The highest BCUT2D eigenvalue weighted by Crippen LogP contribution is 2.31. The maximum atomic E-state index is 13.5. The SMILES string of the molecule is Fc1cc(F)cc(CNc2ccc3oc4ccc(F)cc4c3c2)c1. The van der Waals surface area contributed by atoms with E-state index in [9.17, 15) is 13.2 Å². The number of halogens is 3. The lowest BCUT2D eigenvalue weighted by molar-refractivity contribution is 0.580. The van der Waals surface area contributed by atoms with E-state index in [1.54, 1.807) is 18.2 Å². The molecule has 4 aromatic rings. The molecule has 0 aliphatic heterocycles. The maximum Gasteiger partial charge on any atom is 0.135 e. The highest BCUT2D eigenvalue weighted by Gasteiger charge is 2.09. The highest BCUT2D eigenvalue weighted by molar-refractivity contribution is 6.05. The summed E-state index contributed by atoms with van der Waals surface area (Å²) in [5, 5.41) is 4.57. The molecular weight excluding hydrogens is 315 g/mol. The molecule has 5 heteroatoms. The molecule has 0 unspecified atom stereocenters. The zero-order valence-electron chi connectivity index (χ0n) is 12.4. The van der Waals surface area contributed by atoms with Crippen molar-refractivity contribution in [2.24, 2.45) is 0 Å². The zero-order chi connectivity index (χ0) is 16.7. The van der Waals surface area contributed by atoms with Gasteiger partial charge in [0.05, 0.1) is 0 Å². The summed E-state index contributed by atoms with van der Waals surface area (Å²) in [4.78, 5) is 0. The summed E-state index contributed by atoms with van der Waals surface area (Å²) in [5.41, 5.74) is 2.50. The molecule has 0 radical (unpaired) electrons. The number of rotatable bonds is 3. The monoisotopic (exact) mass is 327 g/mol. The molecule has 0 saturated carbocycles. The standard InChI is InChI=1S/C19H12F3NO/c20-12-1-3-18-16(8-12)17-9-15(2-4-19(17)24-18)23-10-11-5-13(21)7-14(22)6-11/h1-9,23H,10H2. The van der Waals surface area contributed by atoms with Crippen LogP contribution in [0.4, 0.5) is 18.9 Å². The Morgan fingerprint density at radius 2 is 1.38 bits per heavy atom. The van der Waals surface area contributed by atoms with Crippen LogP contribution in [0.15, 0.2) is 59.0 Å². The van der Waals surface area contributed by atoms with Gasteiger partial charge in [-0.15, -0.1) is 0 Å². The molecule has 1 aromatic heterocycles. The number of fused-ring (bicyclic) bond motifs is 3. The van der Waals surface area contributed by atoms with E-state index >= 15 is 0 Å². The first-order valence-electron chi connectivity index (χ1n) is 7.39. The fourth-order valence-electron chi connectivity index (χ4n) is 2.78. The van der Waals surface area contributed by atoms with E-state index in [0.29, 0.717) is 22.1 Å². The van der Waals surface area contributed by atoms with Gasteiger partial charge >= 0.3 is 0 Å². The number of hydrogen-bond acceptors (Lipinski definition) is 2. The number of hydrogen-bond donors (Lipinski definition) is 1. The van der Waals surface area contributed by atoms with Gasteiger partial charge in [-0.25, -0.2) is 13.2 Å². The van der Waals surface area contributed by atoms with Gasteiger partial charge in [-0.2, -0.15) is 0 Å². The van der Waals surface area contributed by atoms with Crippen molar-refractivity contribution < 1.29 is 17.6 Å². The minimum absolute atomic E-state index is 0.268. The van der Waals surface area contributed by atoms with Crippen LogP contribution in [-0.2, 0) is 6.54 Å². The first-order chi connectivity index (χ1) is 11.6. The number of benzene rings is 3. The van der Waals surface area contributed by atoms with Crippen LogP contribution >= 0.6 is 0 Å². The Kier molecular flexibility index (Phi) is 3.41. The van der Waals surface area contributed by atoms with Crippen molar-refractivity contribution in [3.8, 4) is 0 Å². The second-order valence-electron chi connectivity index (χ2n) is 5.58. The summed E-state index contributed by atoms with van der Waals surface area (Å²) in [7, 11) is 0. The number of nitrogens with one attached hydrogen (secondary N) is 1. The van der Waals surface area contributed by atoms with Crippen LogP contribution in [-0.4, -0.2) is 0 Å². The largest absolute Gasteiger partial charge is 0.456 e. The van der Waals surface area contributed by atoms with Gasteiger partial charge in [0.25, 0.3) is 0 Å². The molecule has 0 atom stereocenters. The first-order valence-corrected chi connectivity index (χ1v) is 7.39. The first kappa shape index (κ1) is 14.6. The van der Waals surface area contributed by atoms with Crippen LogP contribution < -0.4 is 5.32 Å². The Morgan fingerprint density at radius 1 is 0.708 bits per heavy atom. The maximum absolute atomic E-state index is 13.5. The molecule has 0 aliphatic rings. The predicted octanol–water partition coefficient (Wildman–Crippen LogP) is 5.62. The topological polar surface area (TPSA) is 25.2 Å². The minimum Gasteiger partial charge on any atom is -0.456 e. The molecule has 0 amide bonds. The summed E-state index contributed by atoms with van der Waals surface area (Å²) in [6, 6.07) is 13.2. The van der Waals surface area contributed by atoms with Gasteiger partial charge in [-0.3, -0.25) is 0 Å². The molecule has 3 aromatic carbocycles. The van der Waals surface area contributed by atoms with E-state index < -0.39 is 11.6 Å². The third-order valence-corrected chi connectivity index (χ3v) is 3.85. The van der Waals surface area contributed by atoms with Crippen molar-refractivity contribution in [1.82, 2.24) is 0 Å². The normalized spacial score (nSPS) is 11.3. The molecule has 24 heavy (non-hydrogen) atoms. The Morgan fingerprint density at radius 3 is 2.12 bits per heavy atom. The molecule has 0 spiro atoms. The van der Waals surface area contributed by atoms with Crippen molar-refractivity contribution in [2.45, 2.75) is 6.54 Å². The molecule has 0 bridgehead atoms. The summed E-state index contributed by atoms with van der Waals surface area (Å²) in [6.07, 6.45) is 0. The summed E-state index contributed by atoms with van der Waals surface area (Å²) < 4.78 is 45.6. The fraction of sp³-hybridized carbons (Fsp3) is 0.0526. The van der Waals surface area contributed by atoms with Crippen LogP contribution in [0.5, 0.6) is 0 Å². The predicted molar refractivity (Wildman–Crippen MR) is 87.4 cm³/mol. The Labute approximate surface area is 135 Å². The molecule has 120 valence electrons. The number of furan rings is 1. The minimum atomic E-state index is -0.612. The molecule has 0 saturated heterocycles. The molecule has 1 heterocycles. The van der Waals surface area contributed by atoms with E-state index in [-0.39, 0.29) is 12.4 Å². The van der Waals surface area contributed by atoms with Crippen molar-refractivity contribution in [1.29, 1.82) is 0 Å². The average molecular weight is 327 g/mol. The molecule has 0 aliphatic carbocycles. The molecule has 0 fully saturated rings. The molecule has 4 rings (SSSR count). The van der Waals surface area contributed by atoms with Crippen molar-refractivity contribution in [2.75, 3.05) is 5.32 Å². The number of anilines is 1. The van der Waals surface area contributed by atoms with Gasteiger partial charge in [-0.1, -0.05) is 0 Å². The van der Waals surface area contributed by atoms with Crippen molar-refractivity contribution in [3.63, 3.8) is 0 Å². The van der Waals surface area contributed by atoms with Crippen LogP contribution in [0.25, 0.3) is 21.9 Å². The van der Waals surface area contributed by atoms with Crippen molar-refractivity contribution >= 4 is 27.6 Å². The van der Waals surface area contributed by atoms with E-state index in [1.165, 1.54) is 24.3 Å². The van der Waals surface area contributed by atoms with Crippen LogP contribution in [0, 0.1) is 17.5 Å². The third kappa shape index (κ3) is 2.69. The van der Waals surface area contributed by atoms with Gasteiger partial charge < -0.3 is 9.73 Å². The second kappa shape index (κ2) is 5.60. The van der Waals surface area contributed by atoms with Crippen molar-refractivity contribution in [3.05, 3.63) is 77.6 Å². The molecular formula is C19H12F3NO. The fourth-order valence-corrected chi connectivity index (χ4v) is 2.78. The van der Waals surface area contributed by atoms with Crippen LogP contribution in [0.2, 0.25) is 0 Å². The van der Waals surface area contributed by atoms with Gasteiger partial charge in [0.1, 0.15) is 28.6 Å². The highest BCUT2D eigenvalue weighted by atomic mass is 19.1. The van der Waals surface area contributed by atoms with E-state index in [0.717, 1.165) is 17.1 Å². The molecule has 2 nitrogen and oxygen atoms in total. The zero-order valence-corrected chi connectivity index (χ0v) is 12.4. The van der Waals surface area contributed by atoms with Crippen LogP contribution in [0.3, 0.4) is 0 Å². The lowest BCUT2D eigenvalue weighted by Crippen LogP contribution is -2.00. The quantitative estimate of drug-likeness (QED) is 0.529. The Hall–Kier alpha value is -2.95. The Balaban J connectivity index is 1.67. The summed E-state index contributed by atoms with van der Waals surface area (Å²) in [6.45, 7) is 0.268. The van der Waals surface area contributed by atoms with Gasteiger partial charge in [-0.05, 0) is 54.1 Å². The smallest absolute Gasteiger partial charge is 0.135 e. The van der Waals surface area contributed by atoms with Gasteiger partial charge in [0, 0.05) is 29.1 Å². The third-order valence-electron chi connectivity index (χ3n) is 3.85. The Bertz CT molecular complexity index is 1040. The molecule has 1 N–H and O–H groups in total. The second-order valence-corrected chi connectivity index (χ2v) is 5.58. The van der Waals surface area contributed by atoms with E-state index in [4.69, 9.17) is 4.42 Å². The van der Waals surface area contributed by atoms with E-state index in [1.807, 2.05) is 6.07 Å². The van der Waals surface area contributed by atoms with Gasteiger partial charge in [0.2, 0.25) is 0 Å². The van der Waals surface area contributed by atoms with E-state index in [2.05, 4.69) is 5.32 Å². The summed E-state index contributed by atoms with van der Waals surface area (Å²) in [5.74, 6) is -1.56. The lowest BCUT2D eigenvalue weighted by atomic mass is 10.1. The van der Waals surface area contributed by atoms with Gasteiger partial charge in [0.15, 0.2) is 0 Å². The van der Waals surface area contributed by atoms with Crippen LogP contribution in [0.1, 0.15) is 5.56 Å². The summed E-state index contributed by atoms with van der Waals surface area (Å²) >= 11 is 0.